The largest absolute Gasteiger partial charge is 0.331 e. The van der Waals surface area contributed by atoms with Gasteiger partial charge in [0.15, 0.2) is 0 Å². The highest BCUT2D eigenvalue weighted by molar-refractivity contribution is 7.99. The maximum atomic E-state index is 12.3. The molecule has 7 heteroatoms. The van der Waals surface area contributed by atoms with Gasteiger partial charge in [0.2, 0.25) is 5.91 Å². The molecule has 2 atom stereocenters. The molecule has 1 amide bonds. The van der Waals surface area contributed by atoms with Crippen molar-refractivity contribution in [1.82, 2.24) is 15.1 Å². The summed E-state index contributed by atoms with van der Waals surface area (Å²) in [5, 5.41) is 3.44. The number of halogens is 2. The molecule has 0 aromatic carbocycles. The molecule has 3 aliphatic rings. The number of rotatable bonds is 2. The fourth-order valence-corrected chi connectivity index (χ4v) is 4.23. The van der Waals surface area contributed by atoms with E-state index in [9.17, 15) is 4.79 Å². The zero-order chi connectivity index (χ0) is 12.4. The van der Waals surface area contributed by atoms with E-state index in [4.69, 9.17) is 0 Å². The first-order chi connectivity index (χ1) is 8.84. The van der Waals surface area contributed by atoms with Crippen molar-refractivity contribution in [3.8, 4) is 0 Å². The van der Waals surface area contributed by atoms with E-state index in [0.717, 1.165) is 31.1 Å². The molecule has 0 aromatic heterocycles. The topological polar surface area (TPSA) is 35.6 Å². The van der Waals surface area contributed by atoms with Crippen LogP contribution < -0.4 is 5.32 Å². The Balaban J connectivity index is 0.000001000. The SMILES string of the molecule is Cl.Cl.O=C([C@@H]1C[C@H](N2CCCCC2)CN1)N1CCSC1. The first-order valence-electron chi connectivity index (χ1n) is 7.18. The van der Waals surface area contributed by atoms with E-state index >= 15 is 0 Å². The van der Waals surface area contributed by atoms with E-state index < -0.39 is 0 Å². The van der Waals surface area contributed by atoms with Gasteiger partial charge in [0.25, 0.3) is 0 Å². The molecular weight excluding hydrogens is 317 g/mol. The summed E-state index contributed by atoms with van der Waals surface area (Å²) >= 11 is 1.87. The molecule has 3 heterocycles. The lowest BCUT2D eigenvalue weighted by atomic mass is 10.1. The molecule has 0 aliphatic carbocycles. The van der Waals surface area contributed by atoms with Crippen LogP contribution in [-0.2, 0) is 4.79 Å². The predicted molar refractivity (Wildman–Crippen MR) is 89.2 cm³/mol. The van der Waals surface area contributed by atoms with Gasteiger partial charge in [-0.2, -0.15) is 0 Å². The van der Waals surface area contributed by atoms with Crippen molar-refractivity contribution in [3.63, 3.8) is 0 Å². The number of likely N-dealkylation sites (tertiary alicyclic amines) is 1. The monoisotopic (exact) mass is 341 g/mol. The Bertz CT molecular complexity index is 310. The first-order valence-corrected chi connectivity index (χ1v) is 8.34. The molecule has 20 heavy (non-hydrogen) atoms. The molecule has 0 spiro atoms. The van der Waals surface area contributed by atoms with Crippen LogP contribution in [0.25, 0.3) is 0 Å². The van der Waals surface area contributed by atoms with Crippen molar-refractivity contribution in [2.24, 2.45) is 0 Å². The Morgan fingerprint density at radius 2 is 1.85 bits per heavy atom. The lowest BCUT2D eigenvalue weighted by molar-refractivity contribution is -0.131. The number of carbonyl (C=O) groups excluding carboxylic acids is 1. The van der Waals surface area contributed by atoms with Crippen LogP contribution in [0.2, 0.25) is 0 Å². The van der Waals surface area contributed by atoms with Gasteiger partial charge in [0.1, 0.15) is 0 Å². The molecule has 0 unspecified atom stereocenters. The zero-order valence-electron chi connectivity index (χ0n) is 11.8. The van der Waals surface area contributed by atoms with Gasteiger partial charge in [0.05, 0.1) is 11.9 Å². The Labute approximate surface area is 138 Å². The normalized spacial score (nSPS) is 30.7. The first kappa shape index (κ1) is 18.4. The van der Waals surface area contributed by atoms with Crippen molar-refractivity contribution in [3.05, 3.63) is 0 Å². The van der Waals surface area contributed by atoms with Crippen molar-refractivity contribution < 1.29 is 4.79 Å². The lowest BCUT2D eigenvalue weighted by Crippen LogP contribution is -2.42. The summed E-state index contributed by atoms with van der Waals surface area (Å²) in [6, 6.07) is 0.671. The van der Waals surface area contributed by atoms with Crippen LogP contribution in [-0.4, -0.2) is 65.6 Å². The summed E-state index contributed by atoms with van der Waals surface area (Å²) in [6.07, 6.45) is 5.06. The van der Waals surface area contributed by atoms with E-state index in [1.807, 2.05) is 16.7 Å². The average Bonchev–Trinajstić information content (AvgIpc) is 3.10. The van der Waals surface area contributed by atoms with E-state index in [-0.39, 0.29) is 30.9 Å². The standard InChI is InChI=1S/C13H23N3OS.2ClH/c17-13(16-6-7-18-10-16)12-8-11(9-14-12)15-4-2-1-3-5-15;;/h11-12,14H,1-10H2;2*1H/t11-,12-;;/m0../s1. The Morgan fingerprint density at radius 3 is 2.50 bits per heavy atom. The number of thioether (sulfide) groups is 1. The zero-order valence-corrected chi connectivity index (χ0v) is 14.2. The predicted octanol–water partition coefficient (Wildman–Crippen LogP) is 1.58. The molecule has 4 nitrogen and oxygen atoms in total. The van der Waals surface area contributed by atoms with E-state index in [0.29, 0.717) is 11.9 Å². The van der Waals surface area contributed by atoms with Crippen LogP contribution in [0, 0.1) is 0 Å². The number of piperidine rings is 1. The van der Waals surface area contributed by atoms with Gasteiger partial charge >= 0.3 is 0 Å². The summed E-state index contributed by atoms with van der Waals surface area (Å²) < 4.78 is 0. The molecule has 3 rings (SSSR count). The molecule has 0 bridgehead atoms. The minimum Gasteiger partial charge on any atom is -0.331 e. The summed E-state index contributed by atoms with van der Waals surface area (Å²) in [6.45, 7) is 4.40. The molecule has 0 saturated carbocycles. The maximum Gasteiger partial charge on any atom is 0.240 e. The smallest absolute Gasteiger partial charge is 0.240 e. The minimum atomic E-state index is 0. The molecule has 3 fully saturated rings. The van der Waals surface area contributed by atoms with Crippen LogP contribution in [0.1, 0.15) is 25.7 Å². The number of carbonyl (C=O) groups is 1. The van der Waals surface area contributed by atoms with Crippen molar-refractivity contribution >= 4 is 42.5 Å². The second-order valence-electron chi connectivity index (χ2n) is 5.59. The van der Waals surface area contributed by atoms with E-state index in [2.05, 4.69) is 10.2 Å². The van der Waals surface area contributed by atoms with Crippen molar-refractivity contribution in [2.45, 2.75) is 37.8 Å². The van der Waals surface area contributed by atoms with Gasteiger partial charge in [-0.25, -0.2) is 0 Å². The van der Waals surface area contributed by atoms with Gasteiger partial charge in [-0.05, 0) is 32.4 Å². The van der Waals surface area contributed by atoms with Gasteiger partial charge in [-0.3, -0.25) is 9.69 Å². The fraction of sp³-hybridized carbons (Fsp3) is 0.923. The molecular formula is C13H25Cl2N3OS. The van der Waals surface area contributed by atoms with Gasteiger partial charge in [0, 0.05) is 24.9 Å². The number of nitrogens with one attached hydrogen (secondary N) is 1. The number of hydrogen-bond acceptors (Lipinski definition) is 4. The van der Waals surface area contributed by atoms with Crippen LogP contribution in [0.15, 0.2) is 0 Å². The van der Waals surface area contributed by atoms with Crippen LogP contribution >= 0.6 is 36.6 Å². The second kappa shape index (κ2) is 8.69. The third-order valence-electron chi connectivity index (χ3n) is 4.38. The van der Waals surface area contributed by atoms with Gasteiger partial charge < -0.3 is 10.2 Å². The van der Waals surface area contributed by atoms with E-state index in [1.54, 1.807) is 0 Å². The summed E-state index contributed by atoms with van der Waals surface area (Å²) in [5.74, 6) is 2.33. The van der Waals surface area contributed by atoms with E-state index in [1.165, 1.54) is 32.4 Å². The molecule has 118 valence electrons. The molecule has 1 N–H and O–H groups in total. The van der Waals surface area contributed by atoms with Crippen molar-refractivity contribution in [2.75, 3.05) is 37.8 Å². The molecule has 0 radical (unpaired) electrons. The second-order valence-corrected chi connectivity index (χ2v) is 6.66. The number of amides is 1. The van der Waals surface area contributed by atoms with Crippen LogP contribution in [0.4, 0.5) is 0 Å². The van der Waals surface area contributed by atoms with Crippen molar-refractivity contribution in [1.29, 1.82) is 0 Å². The Morgan fingerprint density at radius 1 is 1.10 bits per heavy atom. The minimum absolute atomic E-state index is 0. The highest BCUT2D eigenvalue weighted by atomic mass is 35.5. The summed E-state index contributed by atoms with van der Waals surface area (Å²) in [5.41, 5.74) is 0. The molecule has 3 saturated heterocycles. The van der Waals surface area contributed by atoms with Gasteiger partial charge in [-0.1, -0.05) is 6.42 Å². The van der Waals surface area contributed by atoms with Crippen LogP contribution in [0.5, 0.6) is 0 Å². The van der Waals surface area contributed by atoms with Gasteiger partial charge in [-0.15, -0.1) is 36.6 Å². The maximum absolute atomic E-state index is 12.3. The molecule has 0 aromatic rings. The number of nitrogens with zero attached hydrogens (tertiary/aromatic N) is 2. The lowest BCUT2D eigenvalue weighted by Gasteiger charge is -2.31. The Hall–Kier alpha value is 0.320. The van der Waals surface area contributed by atoms with Crippen LogP contribution in [0.3, 0.4) is 0 Å². The highest BCUT2D eigenvalue weighted by Crippen LogP contribution is 2.22. The molecule has 3 aliphatic heterocycles. The quantitative estimate of drug-likeness (QED) is 0.827. The summed E-state index contributed by atoms with van der Waals surface area (Å²) in [7, 11) is 0. The number of hydrogen-bond donors (Lipinski definition) is 1. The Kier molecular flexibility index (Phi) is 7.98. The third kappa shape index (κ3) is 4.17. The third-order valence-corrected chi connectivity index (χ3v) is 5.34. The highest BCUT2D eigenvalue weighted by Gasteiger charge is 2.35. The summed E-state index contributed by atoms with van der Waals surface area (Å²) in [4.78, 5) is 16.9. The fourth-order valence-electron chi connectivity index (χ4n) is 3.28. The average molecular weight is 342 g/mol.